The summed E-state index contributed by atoms with van der Waals surface area (Å²) >= 11 is 0. The number of piperidine rings is 1. The minimum Gasteiger partial charge on any atom is -0.364 e. The Morgan fingerprint density at radius 3 is 2.74 bits per heavy atom. The van der Waals surface area contributed by atoms with Crippen molar-refractivity contribution in [3.05, 3.63) is 46.5 Å². The van der Waals surface area contributed by atoms with Gasteiger partial charge in [0.2, 0.25) is 0 Å². The molecule has 0 N–H and O–H groups in total. The fraction of sp³-hybridized carbons (Fsp3) is 0.588. The molecule has 2 aromatic rings. The molecule has 0 atom stereocenters. The molecule has 0 amide bonds. The third-order valence-electron chi connectivity index (χ3n) is 4.54. The lowest BCUT2D eigenvalue weighted by atomic mass is 9.96. The summed E-state index contributed by atoms with van der Waals surface area (Å²) in [6.07, 6.45) is 7.38. The Hall–Kier alpha value is -1.95. The van der Waals surface area contributed by atoms with Gasteiger partial charge < -0.3 is 4.52 Å². The molecular weight excluding hydrogens is 292 g/mol. The zero-order valence-corrected chi connectivity index (χ0v) is 13.8. The lowest BCUT2D eigenvalue weighted by molar-refractivity contribution is 0.166. The monoisotopic (exact) mass is 316 g/mol. The van der Waals surface area contributed by atoms with Crippen molar-refractivity contribution in [2.24, 2.45) is 5.92 Å². The van der Waals surface area contributed by atoms with E-state index in [0.29, 0.717) is 5.92 Å². The van der Waals surface area contributed by atoms with E-state index in [-0.39, 0.29) is 11.5 Å². The highest BCUT2D eigenvalue weighted by atomic mass is 16.5. The number of aromatic nitrogens is 3. The number of nitrogens with zero attached hydrogens (tertiary/aromatic N) is 4. The summed E-state index contributed by atoms with van der Waals surface area (Å²) in [5.74, 6) is 0.830. The molecule has 0 bridgehead atoms. The average Bonchev–Trinajstić information content (AvgIpc) is 3.04. The maximum absolute atomic E-state index is 12.2. The maximum Gasteiger partial charge on any atom is 0.253 e. The van der Waals surface area contributed by atoms with Gasteiger partial charge in [0.15, 0.2) is 0 Å². The summed E-state index contributed by atoms with van der Waals surface area (Å²) in [6, 6.07) is 1.67. The summed E-state index contributed by atoms with van der Waals surface area (Å²) < 4.78 is 6.63. The summed E-state index contributed by atoms with van der Waals surface area (Å²) in [5.41, 5.74) is 2.05. The summed E-state index contributed by atoms with van der Waals surface area (Å²) in [7, 11) is 0. The van der Waals surface area contributed by atoms with Crippen LogP contribution in [0.3, 0.4) is 0 Å². The quantitative estimate of drug-likeness (QED) is 0.846. The molecule has 23 heavy (non-hydrogen) atoms. The number of rotatable bonds is 5. The SMILES string of the molecule is CC(C)c1cc(=O)n(CC2CCN(Cc3cnoc3)CC2)cn1. The first-order valence-corrected chi connectivity index (χ1v) is 8.29. The molecule has 124 valence electrons. The molecule has 3 rings (SSSR count). The van der Waals surface area contributed by atoms with Gasteiger partial charge in [-0.3, -0.25) is 14.3 Å². The lowest BCUT2D eigenvalue weighted by Crippen LogP contribution is -2.36. The molecule has 1 saturated heterocycles. The van der Waals surface area contributed by atoms with Crippen molar-refractivity contribution in [2.45, 2.75) is 45.7 Å². The second kappa shape index (κ2) is 7.08. The largest absolute Gasteiger partial charge is 0.364 e. The molecule has 0 saturated carbocycles. The highest BCUT2D eigenvalue weighted by molar-refractivity contribution is 5.04. The fourth-order valence-electron chi connectivity index (χ4n) is 3.06. The number of hydrogen-bond acceptors (Lipinski definition) is 5. The molecule has 0 aromatic carbocycles. The van der Waals surface area contributed by atoms with E-state index in [1.54, 1.807) is 29.4 Å². The lowest BCUT2D eigenvalue weighted by Gasteiger charge is -2.31. The smallest absolute Gasteiger partial charge is 0.253 e. The van der Waals surface area contributed by atoms with E-state index in [0.717, 1.165) is 50.3 Å². The highest BCUT2D eigenvalue weighted by Gasteiger charge is 2.20. The average molecular weight is 316 g/mol. The van der Waals surface area contributed by atoms with Crippen LogP contribution in [0.25, 0.3) is 0 Å². The number of hydrogen-bond donors (Lipinski definition) is 0. The zero-order valence-electron chi connectivity index (χ0n) is 13.8. The van der Waals surface area contributed by atoms with E-state index in [1.165, 1.54) is 0 Å². The minimum atomic E-state index is 0.0654. The van der Waals surface area contributed by atoms with E-state index in [2.05, 4.69) is 28.9 Å². The molecule has 3 heterocycles. The first-order chi connectivity index (χ1) is 11.1. The molecule has 6 nitrogen and oxygen atoms in total. The molecule has 6 heteroatoms. The highest BCUT2D eigenvalue weighted by Crippen LogP contribution is 2.20. The van der Waals surface area contributed by atoms with Crippen LogP contribution < -0.4 is 5.56 Å². The van der Waals surface area contributed by atoms with Crippen LogP contribution in [0.15, 0.2) is 34.2 Å². The van der Waals surface area contributed by atoms with Crippen LogP contribution in [0, 0.1) is 5.92 Å². The normalized spacial score (nSPS) is 17.0. The van der Waals surface area contributed by atoms with Gasteiger partial charge in [-0.1, -0.05) is 19.0 Å². The Morgan fingerprint density at radius 2 is 2.13 bits per heavy atom. The van der Waals surface area contributed by atoms with Crippen molar-refractivity contribution < 1.29 is 4.52 Å². The molecule has 0 spiro atoms. The van der Waals surface area contributed by atoms with Crippen LogP contribution in [0.2, 0.25) is 0 Å². The van der Waals surface area contributed by atoms with Crippen molar-refractivity contribution in [1.82, 2.24) is 19.6 Å². The third kappa shape index (κ3) is 4.07. The second-order valence-electron chi connectivity index (χ2n) is 6.71. The van der Waals surface area contributed by atoms with Crippen LogP contribution in [-0.4, -0.2) is 32.7 Å². The molecule has 1 fully saturated rings. The molecule has 2 aromatic heterocycles. The van der Waals surface area contributed by atoms with Crippen molar-refractivity contribution >= 4 is 0 Å². The molecule has 0 aliphatic carbocycles. The zero-order chi connectivity index (χ0) is 16.2. The van der Waals surface area contributed by atoms with Crippen molar-refractivity contribution in [3.8, 4) is 0 Å². The summed E-state index contributed by atoms with van der Waals surface area (Å²) in [4.78, 5) is 19.0. The van der Waals surface area contributed by atoms with Crippen molar-refractivity contribution in [2.75, 3.05) is 13.1 Å². The molecule has 0 unspecified atom stereocenters. The van der Waals surface area contributed by atoms with Crippen molar-refractivity contribution in [1.29, 1.82) is 0 Å². The van der Waals surface area contributed by atoms with Crippen molar-refractivity contribution in [3.63, 3.8) is 0 Å². The molecule has 1 aliphatic heterocycles. The minimum absolute atomic E-state index is 0.0654. The van der Waals surface area contributed by atoms with Gasteiger partial charge in [-0.2, -0.15) is 0 Å². The van der Waals surface area contributed by atoms with E-state index in [4.69, 9.17) is 4.52 Å². The van der Waals surface area contributed by atoms with Gasteiger partial charge in [0.1, 0.15) is 6.26 Å². The Bertz CT molecular complexity index is 670. The Balaban J connectivity index is 1.53. The topological polar surface area (TPSA) is 64.2 Å². The first kappa shape index (κ1) is 15.9. The maximum atomic E-state index is 12.2. The van der Waals surface area contributed by atoms with E-state index in [1.807, 2.05) is 0 Å². The van der Waals surface area contributed by atoms with E-state index >= 15 is 0 Å². The Kier molecular flexibility index (Phi) is 4.91. The van der Waals surface area contributed by atoms with Crippen LogP contribution >= 0.6 is 0 Å². The predicted octanol–water partition coefficient (Wildman–Crippen LogP) is 2.27. The molecular formula is C17H24N4O2. The van der Waals surface area contributed by atoms with Gasteiger partial charge in [0.05, 0.1) is 18.2 Å². The van der Waals surface area contributed by atoms with Gasteiger partial charge in [0.25, 0.3) is 5.56 Å². The molecule has 0 radical (unpaired) electrons. The standard InChI is InChI=1S/C17H24N4O2/c1-13(2)16-7-17(22)21(12-18-16)10-14-3-5-20(6-4-14)9-15-8-19-23-11-15/h7-8,11-14H,3-6,9-10H2,1-2H3. The second-order valence-corrected chi connectivity index (χ2v) is 6.71. The Labute approximate surface area is 136 Å². The van der Waals surface area contributed by atoms with Gasteiger partial charge in [0, 0.05) is 24.7 Å². The Morgan fingerprint density at radius 1 is 1.35 bits per heavy atom. The fourth-order valence-corrected chi connectivity index (χ4v) is 3.06. The van der Waals surface area contributed by atoms with Gasteiger partial charge in [-0.25, -0.2) is 4.98 Å². The van der Waals surface area contributed by atoms with Gasteiger partial charge in [-0.15, -0.1) is 0 Å². The van der Waals surface area contributed by atoms with E-state index in [9.17, 15) is 4.79 Å². The first-order valence-electron chi connectivity index (χ1n) is 8.29. The van der Waals surface area contributed by atoms with Crippen LogP contribution in [0.1, 0.15) is 43.9 Å². The third-order valence-corrected chi connectivity index (χ3v) is 4.54. The number of likely N-dealkylation sites (tertiary alicyclic amines) is 1. The summed E-state index contributed by atoms with van der Waals surface area (Å²) in [5, 5.41) is 3.74. The van der Waals surface area contributed by atoms with Crippen LogP contribution in [0.4, 0.5) is 0 Å². The van der Waals surface area contributed by atoms with E-state index < -0.39 is 0 Å². The van der Waals surface area contributed by atoms with Crippen LogP contribution in [-0.2, 0) is 13.1 Å². The van der Waals surface area contributed by atoms with Gasteiger partial charge in [-0.05, 0) is 37.8 Å². The van der Waals surface area contributed by atoms with Gasteiger partial charge >= 0.3 is 0 Å². The predicted molar refractivity (Wildman–Crippen MR) is 87.1 cm³/mol. The molecule has 1 aliphatic rings. The summed E-state index contributed by atoms with van der Waals surface area (Å²) in [6.45, 7) is 7.85. The van der Waals surface area contributed by atoms with Crippen LogP contribution in [0.5, 0.6) is 0 Å².